The summed E-state index contributed by atoms with van der Waals surface area (Å²) in [7, 11) is 0. The first-order chi connectivity index (χ1) is 3.79. The summed E-state index contributed by atoms with van der Waals surface area (Å²) in [6.07, 6.45) is 3.29. The third-order valence-electron chi connectivity index (χ3n) is 0.995. The summed E-state index contributed by atoms with van der Waals surface area (Å²) < 4.78 is 0. The molecule has 1 rings (SSSR count). The predicted molar refractivity (Wildman–Crippen MR) is 38.9 cm³/mol. The van der Waals surface area contributed by atoms with Gasteiger partial charge in [-0.3, -0.25) is 9.79 Å². The minimum atomic E-state index is 0. The van der Waals surface area contributed by atoms with Gasteiger partial charge in [0, 0.05) is 5.71 Å². The lowest BCUT2D eigenvalue weighted by Crippen LogP contribution is -2.05. The Morgan fingerprint density at radius 1 is 1.56 bits per heavy atom. The topological polar surface area (TPSA) is 29.4 Å². The maximum Gasteiger partial charge on any atom is 0.177 e. The van der Waals surface area contributed by atoms with Crippen molar-refractivity contribution in [3.05, 3.63) is 12.2 Å². The lowest BCUT2D eigenvalue weighted by atomic mass is 10.2. The van der Waals surface area contributed by atoms with Crippen LogP contribution in [0.1, 0.15) is 14.4 Å². The van der Waals surface area contributed by atoms with Crippen LogP contribution in [0.15, 0.2) is 17.1 Å². The van der Waals surface area contributed by atoms with E-state index in [2.05, 4.69) is 4.99 Å². The van der Waals surface area contributed by atoms with Gasteiger partial charge in [0.15, 0.2) is 5.78 Å². The monoisotopic (exact) mass is 125 g/mol. The van der Waals surface area contributed by atoms with Crippen LogP contribution in [0.25, 0.3) is 0 Å². The quantitative estimate of drug-likeness (QED) is 0.478. The van der Waals surface area contributed by atoms with Crippen LogP contribution in [0, 0.1) is 0 Å². The van der Waals surface area contributed by atoms with Gasteiger partial charge in [0.25, 0.3) is 0 Å². The van der Waals surface area contributed by atoms with Crippen molar-refractivity contribution in [1.82, 2.24) is 0 Å². The average molecular weight is 125 g/mol. The molecule has 0 bridgehead atoms. The molecule has 1 aliphatic heterocycles. The second kappa shape index (κ2) is 3.17. The first-order valence-electron chi connectivity index (χ1n) is 2.51. The highest BCUT2D eigenvalue weighted by Crippen LogP contribution is 1.90. The van der Waals surface area contributed by atoms with E-state index >= 15 is 0 Å². The molecule has 0 spiro atoms. The van der Waals surface area contributed by atoms with Gasteiger partial charge in [0.1, 0.15) is 6.54 Å². The van der Waals surface area contributed by atoms with E-state index < -0.39 is 0 Å². The minimum Gasteiger partial charge on any atom is -0.293 e. The molecular weight excluding hydrogens is 114 g/mol. The Labute approximate surface area is 55.3 Å². The number of rotatable bonds is 0. The molecule has 1 aliphatic rings. The maximum atomic E-state index is 10.4. The van der Waals surface area contributed by atoms with Gasteiger partial charge >= 0.3 is 0 Å². The lowest BCUT2D eigenvalue weighted by Gasteiger charge is -1.96. The average Bonchev–Trinajstić information content (AvgIpc) is 1.77. The number of nitrogens with zero attached hydrogens (tertiary/aromatic N) is 1. The van der Waals surface area contributed by atoms with Crippen molar-refractivity contribution in [2.24, 2.45) is 4.99 Å². The summed E-state index contributed by atoms with van der Waals surface area (Å²) in [5.74, 6) is 0.0931. The second-order valence-corrected chi connectivity index (χ2v) is 1.76. The van der Waals surface area contributed by atoms with Crippen LogP contribution in [0.2, 0.25) is 0 Å². The van der Waals surface area contributed by atoms with E-state index in [-0.39, 0.29) is 13.2 Å². The molecule has 0 aromatic heterocycles. The van der Waals surface area contributed by atoms with Gasteiger partial charge in [-0.2, -0.15) is 0 Å². The van der Waals surface area contributed by atoms with E-state index in [4.69, 9.17) is 0 Å². The molecule has 0 saturated heterocycles. The van der Waals surface area contributed by atoms with Crippen molar-refractivity contribution in [3.63, 3.8) is 0 Å². The molecule has 50 valence electrons. The molecule has 0 radical (unpaired) electrons. The van der Waals surface area contributed by atoms with E-state index in [1.165, 1.54) is 0 Å². The third kappa shape index (κ3) is 2.22. The fraction of sp³-hybridized carbons (Fsp3) is 0.429. The van der Waals surface area contributed by atoms with Gasteiger partial charge in [-0.1, -0.05) is 7.43 Å². The summed E-state index contributed by atoms with van der Waals surface area (Å²) in [5.41, 5.74) is 0.935. The van der Waals surface area contributed by atoms with Crippen molar-refractivity contribution in [3.8, 4) is 0 Å². The SMILES string of the molecule is C.CC1=NCC(=O)C=C1. The number of dihydropyridines is 1. The molecule has 0 N–H and O–H groups in total. The summed E-state index contributed by atoms with van der Waals surface area (Å²) in [5, 5.41) is 0. The van der Waals surface area contributed by atoms with Gasteiger partial charge in [-0.25, -0.2) is 0 Å². The smallest absolute Gasteiger partial charge is 0.177 e. The van der Waals surface area contributed by atoms with Crippen molar-refractivity contribution >= 4 is 11.5 Å². The Morgan fingerprint density at radius 3 is 2.56 bits per heavy atom. The summed E-state index contributed by atoms with van der Waals surface area (Å²) >= 11 is 0. The van der Waals surface area contributed by atoms with Gasteiger partial charge in [-0.05, 0) is 19.1 Å². The molecule has 0 aliphatic carbocycles. The highest BCUT2D eigenvalue weighted by molar-refractivity contribution is 6.05. The van der Waals surface area contributed by atoms with E-state index in [0.717, 1.165) is 5.71 Å². The highest BCUT2D eigenvalue weighted by Gasteiger charge is 1.98. The van der Waals surface area contributed by atoms with Crippen LogP contribution in [0.3, 0.4) is 0 Å². The number of ketones is 1. The van der Waals surface area contributed by atoms with Crippen molar-refractivity contribution in [1.29, 1.82) is 0 Å². The number of carbonyl (C=O) groups is 1. The summed E-state index contributed by atoms with van der Waals surface area (Å²) in [6, 6.07) is 0. The van der Waals surface area contributed by atoms with Crippen molar-refractivity contribution < 1.29 is 4.79 Å². The zero-order valence-electron chi connectivity index (χ0n) is 4.72. The van der Waals surface area contributed by atoms with Gasteiger partial charge in [0.2, 0.25) is 0 Å². The predicted octanol–water partition coefficient (Wildman–Crippen LogP) is 1.22. The van der Waals surface area contributed by atoms with Gasteiger partial charge < -0.3 is 0 Å². The molecule has 0 fully saturated rings. The van der Waals surface area contributed by atoms with E-state index in [1.54, 1.807) is 12.2 Å². The molecule has 2 heteroatoms. The molecule has 0 aromatic carbocycles. The fourth-order valence-electron chi connectivity index (χ4n) is 0.522. The van der Waals surface area contributed by atoms with E-state index in [1.807, 2.05) is 6.92 Å². The number of aliphatic imine (C=N–C) groups is 1. The number of allylic oxidation sites excluding steroid dienone is 1. The van der Waals surface area contributed by atoms with Crippen LogP contribution in [0.5, 0.6) is 0 Å². The van der Waals surface area contributed by atoms with Crippen LogP contribution >= 0.6 is 0 Å². The van der Waals surface area contributed by atoms with E-state index in [9.17, 15) is 4.79 Å². The Morgan fingerprint density at radius 2 is 2.22 bits per heavy atom. The zero-order valence-corrected chi connectivity index (χ0v) is 4.72. The fourth-order valence-corrected chi connectivity index (χ4v) is 0.522. The number of hydrogen-bond acceptors (Lipinski definition) is 2. The first kappa shape index (κ1) is 8.08. The van der Waals surface area contributed by atoms with Crippen LogP contribution in [-0.4, -0.2) is 18.0 Å². The number of hydrogen-bond donors (Lipinski definition) is 0. The van der Waals surface area contributed by atoms with Crippen molar-refractivity contribution in [2.45, 2.75) is 14.4 Å². The standard InChI is InChI=1S/C6H7NO.CH4/c1-5-2-3-6(8)4-7-5;/h2-3H,4H2,1H3;1H4. The molecule has 0 amide bonds. The molecule has 0 atom stereocenters. The van der Waals surface area contributed by atoms with Crippen LogP contribution in [0.4, 0.5) is 0 Å². The normalized spacial score (nSPS) is 16.6. The minimum absolute atomic E-state index is 0. The Bertz CT molecular complexity index is 165. The molecule has 0 unspecified atom stereocenters. The lowest BCUT2D eigenvalue weighted by molar-refractivity contribution is -0.113. The largest absolute Gasteiger partial charge is 0.293 e. The maximum absolute atomic E-state index is 10.4. The summed E-state index contributed by atoms with van der Waals surface area (Å²) in [4.78, 5) is 14.3. The van der Waals surface area contributed by atoms with E-state index in [0.29, 0.717) is 6.54 Å². The third-order valence-corrected chi connectivity index (χ3v) is 0.995. The molecular formula is C7H11NO. The second-order valence-electron chi connectivity index (χ2n) is 1.76. The summed E-state index contributed by atoms with van der Waals surface area (Å²) in [6.45, 7) is 2.21. The molecule has 0 saturated carbocycles. The van der Waals surface area contributed by atoms with Crippen LogP contribution in [-0.2, 0) is 4.79 Å². The van der Waals surface area contributed by atoms with Gasteiger partial charge in [0.05, 0.1) is 0 Å². The highest BCUT2D eigenvalue weighted by atomic mass is 16.1. The molecule has 1 heterocycles. The van der Waals surface area contributed by atoms with Crippen molar-refractivity contribution in [2.75, 3.05) is 6.54 Å². The van der Waals surface area contributed by atoms with Gasteiger partial charge in [-0.15, -0.1) is 0 Å². The van der Waals surface area contributed by atoms with Crippen LogP contribution < -0.4 is 0 Å². The Balaban J connectivity index is 0.000000640. The molecule has 9 heavy (non-hydrogen) atoms. The Kier molecular flexibility index (Phi) is 2.85. The Hall–Kier alpha value is -0.920. The number of carbonyl (C=O) groups excluding carboxylic acids is 1. The zero-order chi connectivity index (χ0) is 5.98. The molecule has 0 aromatic rings. The molecule has 2 nitrogen and oxygen atoms in total. The first-order valence-corrected chi connectivity index (χ1v) is 2.51.